The van der Waals surface area contributed by atoms with Gasteiger partial charge < -0.3 is 24.9 Å². The Morgan fingerprint density at radius 3 is 1.64 bits per heavy atom. The van der Waals surface area contributed by atoms with E-state index in [1.54, 1.807) is 6.92 Å². The first-order valence-corrected chi connectivity index (χ1v) is 4.41. The molecule has 0 saturated carbocycles. The van der Waals surface area contributed by atoms with Crippen LogP contribution in [0.5, 0.6) is 0 Å². The molecular formula is C4H13O6P. The maximum Gasteiger partial charge on any atom is 0.466 e. The fraction of sp³-hybridized carbons (Fsp3) is 1.00. The predicted octanol–water partition coefficient (Wildman–Crippen LogP) is -1.18. The van der Waals surface area contributed by atoms with Crippen LogP contribution in [0.3, 0.4) is 0 Å². The second kappa shape index (κ2) is 6.72. The van der Waals surface area contributed by atoms with Crippen molar-refractivity contribution in [3.63, 3.8) is 0 Å². The zero-order valence-electron chi connectivity index (χ0n) is 6.08. The zero-order valence-corrected chi connectivity index (χ0v) is 6.98. The Hall–Kier alpha value is 0.0300. The summed E-state index contributed by atoms with van der Waals surface area (Å²) in [7, 11) is -4.64. The van der Waals surface area contributed by atoms with Crippen molar-refractivity contribution in [2.45, 2.75) is 19.4 Å². The minimum Gasteiger partial charge on any atom is -0.396 e. The van der Waals surface area contributed by atoms with Crippen molar-refractivity contribution < 1.29 is 29.5 Å². The second-order valence-electron chi connectivity index (χ2n) is 1.87. The standard InChI is InChI=1S/C4H10O2.H3O4P/c1-4(6)2-3-5;1-5(2,3)4/h4-6H,2-3H2,1H3;(H3,1,2,3,4). The molecule has 1 atom stereocenters. The van der Waals surface area contributed by atoms with Crippen molar-refractivity contribution in [3.8, 4) is 0 Å². The Balaban J connectivity index is 0. The minimum absolute atomic E-state index is 0.0810. The van der Waals surface area contributed by atoms with Crippen LogP contribution in [0.15, 0.2) is 0 Å². The van der Waals surface area contributed by atoms with Gasteiger partial charge in [0.1, 0.15) is 0 Å². The van der Waals surface area contributed by atoms with Crippen molar-refractivity contribution in [3.05, 3.63) is 0 Å². The molecule has 0 aromatic heterocycles. The second-order valence-corrected chi connectivity index (χ2v) is 2.90. The third-order valence-corrected chi connectivity index (χ3v) is 0.547. The highest BCUT2D eigenvalue weighted by Gasteiger charge is 2.00. The van der Waals surface area contributed by atoms with Gasteiger partial charge in [0.05, 0.1) is 6.10 Å². The van der Waals surface area contributed by atoms with Crippen molar-refractivity contribution in [1.29, 1.82) is 0 Å². The summed E-state index contributed by atoms with van der Waals surface area (Å²) < 4.78 is 8.88. The molecule has 0 radical (unpaired) electrons. The van der Waals surface area contributed by atoms with Crippen LogP contribution in [0.25, 0.3) is 0 Å². The maximum atomic E-state index is 8.88. The summed E-state index contributed by atoms with van der Waals surface area (Å²) in [6.45, 7) is 1.73. The average Bonchev–Trinajstić information content (AvgIpc) is 1.58. The Labute approximate surface area is 64.4 Å². The summed E-state index contributed by atoms with van der Waals surface area (Å²) in [6.07, 6.45) is 0.134. The van der Waals surface area contributed by atoms with Crippen LogP contribution in [0.4, 0.5) is 0 Å². The normalized spacial score (nSPS) is 13.3. The monoisotopic (exact) mass is 188 g/mol. The molecule has 6 nitrogen and oxygen atoms in total. The topological polar surface area (TPSA) is 118 Å². The van der Waals surface area contributed by atoms with E-state index in [1.165, 1.54) is 0 Å². The summed E-state index contributed by atoms with van der Waals surface area (Å²) in [6, 6.07) is 0. The Morgan fingerprint density at radius 2 is 1.64 bits per heavy atom. The third-order valence-electron chi connectivity index (χ3n) is 0.547. The van der Waals surface area contributed by atoms with E-state index in [0.29, 0.717) is 6.42 Å². The largest absolute Gasteiger partial charge is 0.466 e. The molecule has 11 heavy (non-hydrogen) atoms. The van der Waals surface area contributed by atoms with Crippen LogP contribution in [0, 0.1) is 0 Å². The maximum absolute atomic E-state index is 8.88. The fourth-order valence-electron chi connectivity index (χ4n) is 0.187. The summed E-state index contributed by atoms with van der Waals surface area (Å²) >= 11 is 0. The van der Waals surface area contributed by atoms with Crippen molar-refractivity contribution >= 4 is 7.82 Å². The highest BCUT2D eigenvalue weighted by Crippen LogP contribution is 2.25. The molecule has 0 saturated heterocycles. The van der Waals surface area contributed by atoms with Gasteiger partial charge in [-0.1, -0.05) is 0 Å². The van der Waals surface area contributed by atoms with E-state index in [9.17, 15) is 0 Å². The molecule has 0 aliphatic heterocycles. The van der Waals surface area contributed by atoms with Gasteiger partial charge in [0, 0.05) is 6.61 Å². The first kappa shape index (κ1) is 13.6. The number of aliphatic hydroxyl groups is 2. The molecule has 1 unspecified atom stereocenters. The summed E-state index contributed by atoms with van der Waals surface area (Å²) in [5.74, 6) is 0. The van der Waals surface area contributed by atoms with Gasteiger partial charge >= 0.3 is 7.82 Å². The molecular weight excluding hydrogens is 175 g/mol. The lowest BCUT2D eigenvalue weighted by Crippen LogP contribution is -2.00. The molecule has 70 valence electrons. The van der Waals surface area contributed by atoms with Gasteiger partial charge in [-0.2, -0.15) is 0 Å². The smallest absolute Gasteiger partial charge is 0.396 e. The van der Waals surface area contributed by atoms with Crippen LogP contribution < -0.4 is 0 Å². The van der Waals surface area contributed by atoms with Gasteiger partial charge in [0.25, 0.3) is 0 Å². The Kier molecular flexibility index (Phi) is 8.32. The number of phosphoric acid groups is 1. The average molecular weight is 188 g/mol. The number of hydrogen-bond donors (Lipinski definition) is 5. The number of aliphatic hydroxyl groups excluding tert-OH is 2. The van der Waals surface area contributed by atoms with Gasteiger partial charge in [-0.15, -0.1) is 0 Å². The first-order chi connectivity index (χ1) is 4.77. The van der Waals surface area contributed by atoms with E-state index in [1.807, 2.05) is 0 Å². The van der Waals surface area contributed by atoms with E-state index in [0.717, 1.165) is 0 Å². The van der Waals surface area contributed by atoms with E-state index >= 15 is 0 Å². The molecule has 0 aromatic rings. The molecule has 0 aromatic carbocycles. The molecule has 0 amide bonds. The van der Waals surface area contributed by atoms with Crippen molar-refractivity contribution in [2.24, 2.45) is 0 Å². The molecule has 0 bridgehead atoms. The Bertz CT molecular complexity index is 109. The SMILES string of the molecule is CC(O)CCO.O=P(O)(O)O. The lowest BCUT2D eigenvalue weighted by molar-refractivity contribution is 0.148. The Morgan fingerprint density at radius 1 is 1.36 bits per heavy atom. The minimum atomic E-state index is -4.64. The summed E-state index contributed by atoms with van der Waals surface area (Å²) in [5.41, 5.74) is 0. The van der Waals surface area contributed by atoms with Crippen molar-refractivity contribution in [2.75, 3.05) is 6.61 Å². The molecule has 0 aliphatic rings. The molecule has 0 spiro atoms. The van der Waals surface area contributed by atoms with Crippen LogP contribution in [-0.4, -0.2) is 37.6 Å². The van der Waals surface area contributed by atoms with Gasteiger partial charge in [-0.25, -0.2) is 4.57 Å². The highest BCUT2D eigenvalue weighted by molar-refractivity contribution is 7.45. The lowest BCUT2D eigenvalue weighted by atomic mass is 10.3. The molecule has 5 N–H and O–H groups in total. The van der Waals surface area contributed by atoms with Crippen LogP contribution in [0.2, 0.25) is 0 Å². The molecule has 0 rings (SSSR count). The molecule has 0 fully saturated rings. The molecule has 0 heterocycles. The van der Waals surface area contributed by atoms with Gasteiger partial charge in [-0.3, -0.25) is 0 Å². The van der Waals surface area contributed by atoms with E-state index in [4.69, 9.17) is 29.5 Å². The third kappa shape index (κ3) is 70.4. The van der Waals surface area contributed by atoms with Gasteiger partial charge in [0.2, 0.25) is 0 Å². The number of hydrogen-bond acceptors (Lipinski definition) is 3. The van der Waals surface area contributed by atoms with Gasteiger partial charge in [0.15, 0.2) is 0 Å². The van der Waals surface area contributed by atoms with Crippen molar-refractivity contribution in [1.82, 2.24) is 0 Å². The summed E-state index contributed by atoms with van der Waals surface area (Å²) in [5, 5.41) is 16.5. The first-order valence-electron chi connectivity index (χ1n) is 2.84. The quantitative estimate of drug-likeness (QED) is 0.348. The van der Waals surface area contributed by atoms with Crippen LogP contribution in [-0.2, 0) is 4.57 Å². The highest BCUT2D eigenvalue weighted by atomic mass is 31.2. The zero-order chi connectivity index (χ0) is 9.49. The molecule has 7 heteroatoms. The fourth-order valence-corrected chi connectivity index (χ4v) is 0.187. The van der Waals surface area contributed by atoms with E-state index < -0.39 is 7.82 Å². The lowest BCUT2D eigenvalue weighted by Gasteiger charge is -1.95. The van der Waals surface area contributed by atoms with E-state index in [2.05, 4.69) is 0 Å². The van der Waals surface area contributed by atoms with Gasteiger partial charge in [-0.05, 0) is 13.3 Å². The predicted molar refractivity (Wildman–Crippen MR) is 37.6 cm³/mol. The summed E-state index contributed by atoms with van der Waals surface area (Å²) in [4.78, 5) is 21.6. The van der Waals surface area contributed by atoms with E-state index in [-0.39, 0.29) is 12.7 Å². The molecule has 0 aliphatic carbocycles. The number of rotatable bonds is 2. The van der Waals surface area contributed by atoms with Crippen LogP contribution >= 0.6 is 7.82 Å². The van der Waals surface area contributed by atoms with Crippen LogP contribution in [0.1, 0.15) is 13.3 Å².